The molecule has 0 aromatic heterocycles. The van der Waals surface area contributed by atoms with Crippen molar-refractivity contribution < 1.29 is 4.74 Å². The van der Waals surface area contributed by atoms with Gasteiger partial charge in [-0.3, -0.25) is 0 Å². The highest BCUT2D eigenvalue weighted by Crippen LogP contribution is 2.64. The summed E-state index contributed by atoms with van der Waals surface area (Å²) < 4.78 is 5.59. The van der Waals surface area contributed by atoms with Gasteiger partial charge in [-0.1, -0.05) is 13.0 Å². The summed E-state index contributed by atoms with van der Waals surface area (Å²) in [6.45, 7) is 6.27. The zero-order valence-electron chi connectivity index (χ0n) is 6.92. The Morgan fingerprint density at radius 3 is 2.91 bits per heavy atom. The molecule has 11 heavy (non-hydrogen) atoms. The summed E-state index contributed by atoms with van der Waals surface area (Å²) in [6.07, 6.45) is 6.15. The van der Waals surface area contributed by atoms with Gasteiger partial charge in [0.1, 0.15) is 0 Å². The van der Waals surface area contributed by atoms with Gasteiger partial charge in [0.2, 0.25) is 0 Å². The lowest BCUT2D eigenvalue weighted by atomic mass is 9.75. The van der Waals surface area contributed by atoms with Crippen LogP contribution in [0.5, 0.6) is 0 Å². The first kappa shape index (κ1) is 6.24. The van der Waals surface area contributed by atoms with Gasteiger partial charge >= 0.3 is 0 Å². The molecule has 1 nitrogen and oxygen atoms in total. The van der Waals surface area contributed by atoms with Crippen LogP contribution in [0, 0.1) is 17.3 Å². The second-order valence-corrected chi connectivity index (χ2v) is 4.58. The highest BCUT2D eigenvalue weighted by molar-refractivity contribution is 5.18. The van der Waals surface area contributed by atoms with Gasteiger partial charge in [-0.15, -0.1) is 6.58 Å². The van der Waals surface area contributed by atoms with Crippen molar-refractivity contribution in [3.05, 3.63) is 12.7 Å². The fraction of sp³-hybridized carbons (Fsp3) is 0.800. The van der Waals surface area contributed by atoms with Gasteiger partial charge in [-0.05, 0) is 30.1 Å². The first-order valence-electron chi connectivity index (χ1n) is 4.54. The predicted molar refractivity (Wildman–Crippen MR) is 43.2 cm³/mol. The van der Waals surface area contributed by atoms with Gasteiger partial charge in [0.15, 0.2) is 0 Å². The molecule has 0 N–H and O–H groups in total. The van der Waals surface area contributed by atoms with E-state index in [0.29, 0.717) is 17.6 Å². The van der Waals surface area contributed by atoms with Crippen LogP contribution in [0.25, 0.3) is 0 Å². The Hall–Kier alpha value is -0.300. The van der Waals surface area contributed by atoms with Gasteiger partial charge < -0.3 is 4.74 Å². The molecule has 1 aliphatic heterocycles. The first-order chi connectivity index (χ1) is 5.24. The smallest absolute Gasteiger partial charge is 0.0881 e. The Morgan fingerprint density at radius 1 is 1.55 bits per heavy atom. The van der Waals surface area contributed by atoms with E-state index in [1.54, 1.807) is 0 Å². The fourth-order valence-corrected chi connectivity index (χ4v) is 3.23. The maximum atomic E-state index is 5.59. The Balaban J connectivity index is 1.97. The van der Waals surface area contributed by atoms with Crippen molar-refractivity contribution in [2.24, 2.45) is 17.3 Å². The van der Waals surface area contributed by atoms with Crippen LogP contribution in [0.4, 0.5) is 0 Å². The molecule has 2 bridgehead atoms. The second-order valence-electron chi connectivity index (χ2n) is 4.58. The summed E-state index contributed by atoms with van der Waals surface area (Å²) in [4.78, 5) is 0. The standard InChI is InChI=1S/C10H14O/c1-3-10(2)5-6-4-7(10)9-8(6)11-9/h3,6-9H,1,4-5H2,2H3. The number of hydrogen-bond acceptors (Lipinski definition) is 1. The van der Waals surface area contributed by atoms with E-state index in [-0.39, 0.29) is 0 Å². The Labute approximate surface area is 67.4 Å². The average Bonchev–Trinajstić information content (AvgIpc) is 2.65. The van der Waals surface area contributed by atoms with Crippen LogP contribution in [0.15, 0.2) is 12.7 Å². The van der Waals surface area contributed by atoms with E-state index in [4.69, 9.17) is 4.74 Å². The minimum atomic E-state index is 0.405. The molecule has 1 saturated heterocycles. The lowest BCUT2D eigenvalue weighted by molar-refractivity contribution is 0.226. The second kappa shape index (κ2) is 1.56. The largest absolute Gasteiger partial charge is 0.369 e. The van der Waals surface area contributed by atoms with E-state index in [1.165, 1.54) is 12.8 Å². The number of rotatable bonds is 1. The van der Waals surface area contributed by atoms with Crippen molar-refractivity contribution in [2.75, 3.05) is 0 Å². The van der Waals surface area contributed by atoms with E-state index in [2.05, 4.69) is 19.6 Å². The van der Waals surface area contributed by atoms with E-state index in [0.717, 1.165) is 11.8 Å². The SMILES string of the molecule is C=CC1(C)CC2CC1C1OC21. The summed E-state index contributed by atoms with van der Waals surface area (Å²) in [5.41, 5.74) is 0.405. The summed E-state index contributed by atoms with van der Waals surface area (Å²) in [5.74, 6) is 1.67. The molecule has 60 valence electrons. The zero-order chi connectivity index (χ0) is 7.64. The van der Waals surface area contributed by atoms with Crippen molar-refractivity contribution in [1.29, 1.82) is 0 Å². The quantitative estimate of drug-likeness (QED) is 0.411. The molecule has 5 unspecified atom stereocenters. The molecule has 5 atom stereocenters. The average molecular weight is 150 g/mol. The highest BCUT2D eigenvalue weighted by atomic mass is 16.6. The first-order valence-corrected chi connectivity index (χ1v) is 4.54. The number of fused-ring (bicyclic) bond motifs is 5. The minimum Gasteiger partial charge on any atom is -0.369 e. The maximum absolute atomic E-state index is 5.59. The molecule has 3 fully saturated rings. The zero-order valence-corrected chi connectivity index (χ0v) is 6.92. The molecule has 0 radical (unpaired) electrons. The summed E-state index contributed by atoms with van der Waals surface area (Å²) in [6, 6.07) is 0. The third-order valence-electron chi connectivity index (χ3n) is 3.99. The molecule has 2 aliphatic carbocycles. The summed E-state index contributed by atoms with van der Waals surface area (Å²) >= 11 is 0. The lowest BCUT2D eigenvalue weighted by Crippen LogP contribution is -2.26. The minimum absolute atomic E-state index is 0.405. The third kappa shape index (κ3) is 0.572. The fourth-order valence-electron chi connectivity index (χ4n) is 3.23. The Kier molecular flexibility index (Phi) is 0.885. The van der Waals surface area contributed by atoms with Crippen LogP contribution in [0.2, 0.25) is 0 Å². The molecule has 0 aromatic carbocycles. The van der Waals surface area contributed by atoms with E-state index in [1.807, 2.05) is 0 Å². The summed E-state index contributed by atoms with van der Waals surface area (Å²) in [7, 11) is 0. The van der Waals surface area contributed by atoms with E-state index in [9.17, 15) is 0 Å². The topological polar surface area (TPSA) is 12.5 Å². The van der Waals surface area contributed by atoms with Gasteiger partial charge in [0.05, 0.1) is 12.2 Å². The number of hydrogen-bond donors (Lipinski definition) is 0. The monoisotopic (exact) mass is 150 g/mol. The van der Waals surface area contributed by atoms with Crippen LogP contribution in [-0.4, -0.2) is 12.2 Å². The molecular formula is C10H14O. The van der Waals surface area contributed by atoms with Crippen LogP contribution in [0.1, 0.15) is 19.8 Å². The molecule has 3 rings (SSSR count). The number of allylic oxidation sites excluding steroid dienone is 1. The van der Waals surface area contributed by atoms with Gasteiger partial charge in [0.25, 0.3) is 0 Å². The van der Waals surface area contributed by atoms with Gasteiger partial charge in [-0.25, -0.2) is 0 Å². The molecule has 1 heterocycles. The number of epoxide rings is 1. The van der Waals surface area contributed by atoms with Crippen LogP contribution in [-0.2, 0) is 4.74 Å². The molecule has 0 spiro atoms. The lowest BCUT2D eigenvalue weighted by Gasteiger charge is -2.28. The third-order valence-corrected chi connectivity index (χ3v) is 3.99. The van der Waals surface area contributed by atoms with Crippen LogP contribution >= 0.6 is 0 Å². The van der Waals surface area contributed by atoms with E-state index >= 15 is 0 Å². The summed E-state index contributed by atoms with van der Waals surface area (Å²) in [5, 5.41) is 0. The normalized spacial score (nSPS) is 64.5. The van der Waals surface area contributed by atoms with Crippen LogP contribution in [0.3, 0.4) is 0 Å². The van der Waals surface area contributed by atoms with Crippen molar-refractivity contribution in [3.8, 4) is 0 Å². The Morgan fingerprint density at radius 2 is 2.36 bits per heavy atom. The molecular weight excluding hydrogens is 136 g/mol. The molecule has 0 aromatic rings. The predicted octanol–water partition coefficient (Wildman–Crippen LogP) is 1.99. The van der Waals surface area contributed by atoms with Crippen molar-refractivity contribution >= 4 is 0 Å². The number of ether oxygens (including phenoxy) is 1. The molecule has 0 amide bonds. The van der Waals surface area contributed by atoms with Crippen molar-refractivity contribution in [3.63, 3.8) is 0 Å². The van der Waals surface area contributed by atoms with Crippen molar-refractivity contribution in [2.45, 2.75) is 32.0 Å². The maximum Gasteiger partial charge on any atom is 0.0881 e. The Bertz CT molecular complexity index is 223. The molecule has 2 saturated carbocycles. The molecule has 1 heteroatoms. The molecule has 3 aliphatic rings. The highest BCUT2D eigenvalue weighted by Gasteiger charge is 2.66. The van der Waals surface area contributed by atoms with E-state index < -0.39 is 0 Å². The van der Waals surface area contributed by atoms with Gasteiger partial charge in [-0.2, -0.15) is 0 Å². The van der Waals surface area contributed by atoms with Crippen LogP contribution < -0.4 is 0 Å². The van der Waals surface area contributed by atoms with Gasteiger partial charge in [0, 0.05) is 0 Å². The van der Waals surface area contributed by atoms with Crippen molar-refractivity contribution in [1.82, 2.24) is 0 Å².